The molecule has 1 N–H and O–H groups in total. The van der Waals surface area contributed by atoms with E-state index in [0.717, 1.165) is 0 Å². The predicted molar refractivity (Wildman–Crippen MR) is 67.9 cm³/mol. The number of nitrogens with one attached hydrogen (secondary N) is 1. The molecular formula is C11H6Cl3F3N2. The van der Waals surface area contributed by atoms with E-state index in [2.05, 4.69) is 5.10 Å². The number of alkyl halides is 3. The minimum absolute atomic E-state index is 0.0832. The van der Waals surface area contributed by atoms with Crippen molar-refractivity contribution in [3.8, 4) is 0 Å². The second-order valence-electron chi connectivity index (χ2n) is 3.78. The maximum Gasteiger partial charge on any atom is 0.433 e. The summed E-state index contributed by atoms with van der Waals surface area (Å²) in [6.45, 7) is 0. The Kier molecular flexibility index (Phi) is 3.99. The molecule has 0 radical (unpaired) electrons. The summed E-state index contributed by atoms with van der Waals surface area (Å²) in [5.74, 6) is 0. The molecule has 1 aromatic carbocycles. The van der Waals surface area contributed by atoms with E-state index in [-0.39, 0.29) is 22.2 Å². The average molecular weight is 330 g/mol. The van der Waals surface area contributed by atoms with Crippen LogP contribution in [0.3, 0.4) is 0 Å². The molecule has 8 heteroatoms. The minimum Gasteiger partial charge on any atom is -0.272 e. The number of hydrogen-bond acceptors (Lipinski definition) is 1. The van der Waals surface area contributed by atoms with E-state index in [1.165, 1.54) is 6.07 Å². The van der Waals surface area contributed by atoms with E-state index in [4.69, 9.17) is 34.8 Å². The summed E-state index contributed by atoms with van der Waals surface area (Å²) in [6, 6.07) is 4.55. The molecule has 0 spiro atoms. The Hall–Kier alpha value is -0.910. The van der Waals surface area contributed by atoms with Gasteiger partial charge in [-0.3, -0.25) is 5.10 Å². The molecule has 0 fully saturated rings. The van der Waals surface area contributed by atoms with Gasteiger partial charge in [0.15, 0.2) is 5.15 Å². The molecule has 2 nitrogen and oxygen atoms in total. The van der Waals surface area contributed by atoms with Gasteiger partial charge in [0, 0.05) is 22.0 Å². The van der Waals surface area contributed by atoms with Crippen molar-refractivity contribution in [2.45, 2.75) is 12.6 Å². The minimum atomic E-state index is -4.55. The van der Waals surface area contributed by atoms with Crippen LogP contribution >= 0.6 is 34.8 Å². The number of hydrogen-bond donors (Lipinski definition) is 1. The van der Waals surface area contributed by atoms with Gasteiger partial charge >= 0.3 is 6.18 Å². The summed E-state index contributed by atoms with van der Waals surface area (Å²) in [6.07, 6.45) is -4.63. The third-order valence-electron chi connectivity index (χ3n) is 2.48. The van der Waals surface area contributed by atoms with E-state index in [9.17, 15) is 13.2 Å². The van der Waals surface area contributed by atoms with Crippen molar-refractivity contribution >= 4 is 34.8 Å². The number of nitrogens with zero attached hydrogens (tertiary/aromatic N) is 1. The Morgan fingerprint density at radius 1 is 1.16 bits per heavy atom. The van der Waals surface area contributed by atoms with Crippen LogP contribution in [0.4, 0.5) is 13.2 Å². The number of H-pyrrole nitrogens is 1. The summed E-state index contributed by atoms with van der Waals surface area (Å²) < 4.78 is 38.2. The number of benzene rings is 1. The topological polar surface area (TPSA) is 28.7 Å². The first-order valence-electron chi connectivity index (χ1n) is 5.03. The molecule has 0 saturated heterocycles. The van der Waals surface area contributed by atoms with E-state index < -0.39 is 11.9 Å². The lowest BCUT2D eigenvalue weighted by Gasteiger charge is -2.08. The number of rotatable bonds is 2. The van der Waals surface area contributed by atoms with E-state index in [1.54, 1.807) is 12.1 Å². The second kappa shape index (κ2) is 5.23. The molecule has 2 aromatic rings. The first kappa shape index (κ1) is 14.5. The molecule has 19 heavy (non-hydrogen) atoms. The molecule has 102 valence electrons. The zero-order valence-electron chi connectivity index (χ0n) is 9.15. The van der Waals surface area contributed by atoms with Crippen LogP contribution in [0.15, 0.2) is 18.2 Å². The molecule has 0 aliphatic heterocycles. The molecule has 0 atom stereocenters. The zero-order valence-corrected chi connectivity index (χ0v) is 11.4. The lowest BCUT2D eigenvalue weighted by Crippen LogP contribution is -2.09. The van der Waals surface area contributed by atoms with Crippen molar-refractivity contribution in [3.63, 3.8) is 0 Å². The van der Waals surface area contributed by atoms with Crippen LogP contribution in [0.1, 0.15) is 16.8 Å². The molecule has 1 heterocycles. The Morgan fingerprint density at radius 3 is 2.42 bits per heavy atom. The van der Waals surface area contributed by atoms with E-state index in [0.29, 0.717) is 10.6 Å². The van der Waals surface area contributed by atoms with E-state index in [1.807, 2.05) is 5.10 Å². The summed E-state index contributed by atoms with van der Waals surface area (Å²) in [7, 11) is 0. The molecule has 0 amide bonds. The maximum absolute atomic E-state index is 12.7. The van der Waals surface area contributed by atoms with Crippen molar-refractivity contribution in [3.05, 3.63) is 50.2 Å². The molecule has 1 aromatic heterocycles. The van der Waals surface area contributed by atoms with Gasteiger partial charge in [0.2, 0.25) is 0 Å². The fourth-order valence-corrected chi connectivity index (χ4v) is 2.27. The van der Waals surface area contributed by atoms with Crippen molar-refractivity contribution in [2.24, 2.45) is 0 Å². The van der Waals surface area contributed by atoms with Crippen LogP contribution in [0.25, 0.3) is 0 Å². The lowest BCUT2D eigenvalue weighted by atomic mass is 10.1. The Labute approximate surface area is 121 Å². The fraction of sp³-hybridized carbons (Fsp3) is 0.182. The highest BCUT2D eigenvalue weighted by Crippen LogP contribution is 2.35. The van der Waals surface area contributed by atoms with Crippen molar-refractivity contribution in [2.75, 3.05) is 0 Å². The maximum atomic E-state index is 12.7. The van der Waals surface area contributed by atoms with Gasteiger partial charge in [-0.2, -0.15) is 18.3 Å². The van der Waals surface area contributed by atoms with Crippen molar-refractivity contribution in [1.82, 2.24) is 10.2 Å². The number of aromatic amines is 1. The Morgan fingerprint density at radius 2 is 1.84 bits per heavy atom. The van der Waals surface area contributed by atoms with Crippen LogP contribution in [0.2, 0.25) is 15.2 Å². The molecule has 2 rings (SSSR count). The highest BCUT2D eigenvalue weighted by Gasteiger charge is 2.37. The van der Waals surface area contributed by atoms with Gasteiger partial charge in [0.1, 0.15) is 5.69 Å². The van der Waals surface area contributed by atoms with Gasteiger partial charge in [0.25, 0.3) is 0 Å². The van der Waals surface area contributed by atoms with Gasteiger partial charge < -0.3 is 0 Å². The standard InChI is InChI=1S/C11H6Cl3F3N2/c12-6-2-1-5(8(13)4-6)3-7-9(11(15,16)17)18-19-10(7)14/h1-2,4H,3H2,(H,18,19). The van der Waals surface area contributed by atoms with Gasteiger partial charge in [-0.05, 0) is 17.7 Å². The van der Waals surface area contributed by atoms with Crippen LogP contribution in [0, 0.1) is 0 Å². The van der Waals surface area contributed by atoms with Crippen molar-refractivity contribution in [1.29, 1.82) is 0 Å². The highest BCUT2D eigenvalue weighted by atomic mass is 35.5. The zero-order chi connectivity index (χ0) is 14.2. The van der Waals surface area contributed by atoms with Crippen molar-refractivity contribution < 1.29 is 13.2 Å². The Balaban J connectivity index is 2.41. The smallest absolute Gasteiger partial charge is 0.272 e. The monoisotopic (exact) mass is 328 g/mol. The van der Waals surface area contributed by atoms with Crippen LogP contribution in [0.5, 0.6) is 0 Å². The summed E-state index contributed by atoms with van der Waals surface area (Å²) in [5.41, 5.74) is -0.623. The molecule has 0 aliphatic carbocycles. The normalized spacial score (nSPS) is 11.9. The number of halogens is 6. The quantitative estimate of drug-likeness (QED) is 0.827. The SMILES string of the molecule is FC(F)(F)c1[nH]nc(Cl)c1Cc1ccc(Cl)cc1Cl. The summed E-state index contributed by atoms with van der Waals surface area (Å²) in [5, 5.41) is 5.72. The fourth-order valence-electron chi connectivity index (χ4n) is 1.59. The molecule has 0 saturated carbocycles. The molecule has 0 aliphatic rings. The third-order valence-corrected chi connectivity index (χ3v) is 3.38. The predicted octanol–water partition coefficient (Wildman–Crippen LogP) is 4.98. The first-order chi connectivity index (χ1) is 8.79. The highest BCUT2D eigenvalue weighted by molar-refractivity contribution is 6.35. The van der Waals surface area contributed by atoms with Gasteiger partial charge in [0.05, 0.1) is 0 Å². The largest absolute Gasteiger partial charge is 0.433 e. The molecule has 0 bridgehead atoms. The molecule has 0 unspecified atom stereocenters. The van der Waals surface area contributed by atoms with Gasteiger partial charge in [-0.15, -0.1) is 0 Å². The Bertz CT molecular complexity index is 608. The second-order valence-corrected chi connectivity index (χ2v) is 4.98. The molecular weight excluding hydrogens is 323 g/mol. The first-order valence-corrected chi connectivity index (χ1v) is 6.16. The summed E-state index contributed by atoms with van der Waals surface area (Å²) >= 11 is 17.3. The average Bonchev–Trinajstić information content (AvgIpc) is 2.64. The van der Waals surface area contributed by atoms with Crippen LogP contribution in [-0.2, 0) is 12.6 Å². The lowest BCUT2D eigenvalue weighted by molar-refractivity contribution is -0.141. The van der Waals surface area contributed by atoms with Crippen LogP contribution in [-0.4, -0.2) is 10.2 Å². The third kappa shape index (κ3) is 3.16. The van der Waals surface area contributed by atoms with Gasteiger partial charge in [-0.1, -0.05) is 40.9 Å². The summed E-state index contributed by atoms with van der Waals surface area (Å²) in [4.78, 5) is 0. The number of aromatic nitrogens is 2. The van der Waals surface area contributed by atoms with Crippen LogP contribution < -0.4 is 0 Å². The van der Waals surface area contributed by atoms with Gasteiger partial charge in [-0.25, -0.2) is 0 Å². The van der Waals surface area contributed by atoms with E-state index >= 15 is 0 Å².